The summed E-state index contributed by atoms with van der Waals surface area (Å²) in [4.78, 5) is 58.6. The summed E-state index contributed by atoms with van der Waals surface area (Å²) in [6.07, 6.45) is 98.5. The highest BCUT2D eigenvalue weighted by atomic mass is 31.2. The first-order chi connectivity index (χ1) is 52.2. The average molecular weight is 1540 g/mol. The molecule has 0 saturated heterocycles. The highest BCUT2D eigenvalue weighted by Gasteiger charge is 2.29. The first-order valence-electron chi connectivity index (χ1n) is 42.8. The Bertz CT molecular complexity index is 2430. The van der Waals surface area contributed by atoms with Gasteiger partial charge in [-0.1, -0.05) is 341 Å². The number of phosphoric acid groups is 2. The fourth-order valence-corrected chi connectivity index (χ4v) is 13.2. The number of hydrogen-bond acceptors (Lipinski definition) is 14. The molecule has 0 bridgehead atoms. The van der Waals surface area contributed by atoms with Gasteiger partial charge in [-0.3, -0.25) is 32.5 Å². The van der Waals surface area contributed by atoms with E-state index in [0.717, 1.165) is 141 Å². The van der Waals surface area contributed by atoms with Crippen molar-refractivity contribution in [3.05, 3.63) is 122 Å². The van der Waals surface area contributed by atoms with Gasteiger partial charge in [0.1, 0.15) is 25.4 Å². The number of unbranched alkanes of at least 4 members (excludes halogenated alkanes) is 38. The van der Waals surface area contributed by atoms with Crippen molar-refractivity contribution >= 4 is 33.6 Å². The van der Waals surface area contributed by atoms with Crippen LogP contribution in [0.15, 0.2) is 122 Å². The van der Waals surface area contributed by atoms with Crippen molar-refractivity contribution in [3.63, 3.8) is 0 Å². The van der Waals surface area contributed by atoms with Crippen LogP contribution in [-0.4, -0.2) is 95.9 Å². The molecule has 0 rings (SSSR count). The molecule has 5 atom stereocenters. The van der Waals surface area contributed by atoms with Gasteiger partial charge in [-0.2, -0.15) is 0 Å². The van der Waals surface area contributed by atoms with E-state index in [4.69, 9.17) is 32.3 Å². The van der Waals surface area contributed by atoms with Crippen LogP contribution in [0.2, 0.25) is 0 Å². The van der Waals surface area contributed by atoms with Crippen molar-refractivity contribution in [3.8, 4) is 0 Å². The minimum absolute atomic E-state index is 0.0926. The van der Waals surface area contributed by atoms with E-state index in [1.54, 1.807) is 0 Å². The van der Waals surface area contributed by atoms with Gasteiger partial charge < -0.3 is 34.2 Å². The Kier molecular flexibility index (Phi) is 78.4. The maximum absolute atomic E-state index is 12.9. The summed E-state index contributed by atoms with van der Waals surface area (Å²) in [5.41, 5.74) is 0. The molecule has 0 amide bonds. The second-order valence-corrected chi connectivity index (χ2v) is 31.5. The molecule has 18 heteroatoms. The van der Waals surface area contributed by atoms with Crippen molar-refractivity contribution in [2.75, 3.05) is 39.6 Å². The number of aliphatic hydroxyl groups excluding tert-OH is 2. The number of hydrogen-bond donors (Lipinski definition) is 4. The van der Waals surface area contributed by atoms with Crippen molar-refractivity contribution < 1.29 is 75.8 Å². The molecule has 0 aliphatic heterocycles. The molecule has 0 aliphatic carbocycles. The topological polar surface area (TPSA) is 231 Å². The van der Waals surface area contributed by atoms with Gasteiger partial charge in [0.25, 0.3) is 0 Å². The second kappa shape index (κ2) is 81.4. The normalized spacial score (nSPS) is 14.5. The monoisotopic (exact) mass is 1540 g/mol. The fourth-order valence-electron chi connectivity index (χ4n) is 11.6. The molecule has 4 N–H and O–H groups in total. The molecule has 16 nitrogen and oxygen atoms in total. The van der Waals surface area contributed by atoms with Gasteiger partial charge in [-0.25, -0.2) is 9.13 Å². The zero-order chi connectivity index (χ0) is 78.0. The van der Waals surface area contributed by atoms with Gasteiger partial charge in [0, 0.05) is 19.3 Å². The summed E-state index contributed by atoms with van der Waals surface area (Å²) in [5, 5.41) is 20.7. The Hall–Kier alpha value is -4.05. The highest BCUT2D eigenvalue weighted by molar-refractivity contribution is 7.47. The van der Waals surface area contributed by atoms with E-state index < -0.39 is 91.5 Å². The van der Waals surface area contributed by atoms with Gasteiger partial charge in [0.2, 0.25) is 0 Å². The predicted molar refractivity (Wildman–Crippen MR) is 445 cm³/mol. The van der Waals surface area contributed by atoms with E-state index in [-0.39, 0.29) is 19.3 Å². The van der Waals surface area contributed by atoms with Gasteiger partial charge in [-0.05, 0) is 128 Å². The number of ether oxygens (including phenoxy) is 3. The number of carbonyl (C=O) groups is 3. The van der Waals surface area contributed by atoms with E-state index in [1.807, 2.05) is 0 Å². The molecular formula is C89H156O16P2. The smallest absolute Gasteiger partial charge is 0.463 e. The fraction of sp³-hybridized carbons (Fsp3) is 0.742. The van der Waals surface area contributed by atoms with E-state index >= 15 is 0 Å². The summed E-state index contributed by atoms with van der Waals surface area (Å²) >= 11 is 0. The van der Waals surface area contributed by atoms with Crippen LogP contribution in [0.4, 0.5) is 0 Å². The first-order valence-corrected chi connectivity index (χ1v) is 45.8. The van der Waals surface area contributed by atoms with Crippen molar-refractivity contribution in [2.24, 2.45) is 0 Å². The molecule has 0 aliphatic rings. The van der Waals surface area contributed by atoms with Crippen LogP contribution in [0, 0.1) is 0 Å². The lowest BCUT2D eigenvalue weighted by Gasteiger charge is -2.21. The molecule has 0 aromatic carbocycles. The van der Waals surface area contributed by atoms with Crippen LogP contribution < -0.4 is 0 Å². The lowest BCUT2D eigenvalue weighted by Crippen LogP contribution is -2.30. The third-order valence-electron chi connectivity index (χ3n) is 18.1. The number of allylic oxidation sites excluding steroid dienone is 20. The molecule has 0 aromatic rings. The zero-order valence-electron chi connectivity index (χ0n) is 67.8. The molecule has 0 radical (unpaired) electrons. The SMILES string of the molecule is CC/C=C\C/C=C\C/C=C\C/C=C\C/C=C\CCCCCCCCCCCCCCCCCCCCCC(=O)OCC(O)COP(=O)(O)OCC(O)COP(=O)(O)OCC(COC(=O)CCCCCCCCCCC/C=C\C/C=C\C/C=C\C/C=C\CCCCC)OC(=O)CCCCCCC/C=C\CCCC. The third-order valence-corrected chi connectivity index (χ3v) is 20.0. The van der Waals surface area contributed by atoms with Crippen molar-refractivity contribution in [2.45, 2.75) is 386 Å². The van der Waals surface area contributed by atoms with E-state index in [1.165, 1.54) is 167 Å². The molecule has 0 fully saturated rings. The van der Waals surface area contributed by atoms with E-state index in [9.17, 15) is 43.5 Å². The van der Waals surface area contributed by atoms with Gasteiger partial charge in [0.05, 0.1) is 26.4 Å². The quantitative estimate of drug-likeness (QED) is 0.0146. The lowest BCUT2D eigenvalue weighted by atomic mass is 10.0. The summed E-state index contributed by atoms with van der Waals surface area (Å²) in [7, 11) is -9.79. The third kappa shape index (κ3) is 82.7. The highest BCUT2D eigenvalue weighted by Crippen LogP contribution is 2.45. The number of rotatable bonds is 81. The summed E-state index contributed by atoms with van der Waals surface area (Å²) < 4.78 is 61.2. The van der Waals surface area contributed by atoms with Crippen LogP contribution in [0.25, 0.3) is 0 Å². The van der Waals surface area contributed by atoms with Crippen molar-refractivity contribution in [1.82, 2.24) is 0 Å². The lowest BCUT2D eigenvalue weighted by molar-refractivity contribution is -0.161. The van der Waals surface area contributed by atoms with Crippen LogP contribution >= 0.6 is 15.6 Å². The van der Waals surface area contributed by atoms with Gasteiger partial charge >= 0.3 is 33.6 Å². The summed E-state index contributed by atoms with van der Waals surface area (Å²) in [6.45, 7) is 2.52. The summed E-state index contributed by atoms with van der Waals surface area (Å²) in [5.74, 6) is -1.58. The molecule has 0 spiro atoms. The van der Waals surface area contributed by atoms with Crippen LogP contribution in [0.1, 0.15) is 367 Å². The standard InChI is InChI=1S/C89H156O16P2/c1-4-7-10-13-16-19-22-24-26-28-30-32-34-36-37-38-39-40-41-42-43-44-45-47-49-50-52-54-56-58-61-63-66-69-72-75-87(92)99-78-84(90)79-101-106(95,96)102-80-85(91)81-103-107(97,98)104-83-86(105-89(94)77-74-71-68-65-60-21-18-15-12-9-6-3)82-100-88(93)76-73-70-67-64-62-59-57-55-53-51-48-46-35-33-31-29-27-25-23-20-17-14-11-8-5-2/h7,10,15-20,24-27,30-33,36-37,46,48,84-86,90-91H,4-6,8-9,11-14,21-23,28-29,34-35,38-45,47,49-83H2,1-3H3,(H,95,96)(H,97,98)/b10-7-,18-15-,19-16-,20-17-,26-24-,27-25-,32-30-,33-31-,37-36-,48-46-. The second-order valence-electron chi connectivity index (χ2n) is 28.6. The predicted octanol–water partition coefficient (Wildman–Crippen LogP) is 25.7. The molecule has 618 valence electrons. The minimum Gasteiger partial charge on any atom is -0.463 e. The number of aliphatic hydroxyl groups is 2. The first kappa shape index (κ1) is 103. The average Bonchev–Trinajstić information content (AvgIpc) is 0.903. The Morgan fingerprint density at radius 2 is 0.505 bits per heavy atom. The Labute approximate surface area is 653 Å². The molecule has 0 saturated carbocycles. The maximum Gasteiger partial charge on any atom is 0.472 e. The minimum atomic E-state index is -4.93. The van der Waals surface area contributed by atoms with Crippen LogP contribution in [-0.2, 0) is 55.8 Å². The molecular weight excluding hydrogens is 1390 g/mol. The summed E-state index contributed by atoms with van der Waals surface area (Å²) in [6, 6.07) is 0. The zero-order valence-corrected chi connectivity index (χ0v) is 69.6. The number of esters is 3. The Balaban J connectivity index is 4.33. The van der Waals surface area contributed by atoms with Crippen LogP contribution in [0.5, 0.6) is 0 Å². The van der Waals surface area contributed by atoms with Gasteiger partial charge in [-0.15, -0.1) is 0 Å². The van der Waals surface area contributed by atoms with E-state index in [0.29, 0.717) is 19.3 Å². The largest absolute Gasteiger partial charge is 0.472 e. The van der Waals surface area contributed by atoms with E-state index in [2.05, 4.69) is 142 Å². The molecule has 5 unspecified atom stereocenters. The number of carbonyl (C=O) groups excluding carboxylic acids is 3. The van der Waals surface area contributed by atoms with Crippen LogP contribution in [0.3, 0.4) is 0 Å². The Morgan fingerprint density at radius 3 is 0.822 bits per heavy atom. The molecule has 107 heavy (non-hydrogen) atoms. The maximum atomic E-state index is 12.9. The number of phosphoric ester groups is 2. The van der Waals surface area contributed by atoms with Crippen molar-refractivity contribution in [1.29, 1.82) is 0 Å². The Morgan fingerprint density at radius 1 is 0.271 bits per heavy atom. The molecule has 0 aromatic heterocycles. The van der Waals surface area contributed by atoms with Gasteiger partial charge in [0.15, 0.2) is 6.10 Å². The molecule has 0 heterocycles.